The van der Waals surface area contributed by atoms with Crippen molar-refractivity contribution in [3.63, 3.8) is 0 Å². The number of sulfonamides is 1. The van der Waals surface area contributed by atoms with E-state index in [4.69, 9.17) is 4.74 Å². The van der Waals surface area contributed by atoms with Crippen molar-refractivity contribution in [1.82, 2.24) is 10.2 Å². The number of rotatable bonds is 15. The molecule has 0 aliphatic heterocycles. The molecule has 8 nitrogen and oxygen atoms in total. The molecule has 42 heavy (non-hydrogen) atoms. The summed E-state index contributed by atoms with van der Waals surface area (Å²) in [6, 6.07) is 21.2. The van der Waals surface area contributed by atoms with Crippen molar-refractivity contribution in [3.05, 3.63) is 95.8 Å². The van der Waals surface area contributed by atoms with Gasteiger partial charge in [-0.1, -0.05) is 62.4 Å². The van der Waals surface area contributed by atoms with Crippen molar-refractivity contribution in [2.24, 2.45) is 5.92 Å². The first-order valence-corrected chi connectivity index (χ1v) is 15.8. The molecule has 1 N–H and O–H groups in total. The highest BCUT2D eigenvalue weighted by Gasteiger charge is 2.31. The number of nitrogens with zero attached hydrogens (tertiary/aromatic N) is 2. The molecule has 0 radical (unpaired) electrons. The van der Waals surface area contributed by atoms with Crippen molar-refractivity contribution in [2.45, 2.75) is 45.7 Å². The molecule has 226 valence electrons. The standard InChI is InChI=1S/C32H40FN3O5S/c1-24(2)22-34-32(38)30(21-25-11-6-5-7-12-25)35(23-26-13-8-9-14-29(26)33)31(37)15-10-20-36(42(4,39)40)27-16-18-28(41-3)19-17-27/h5-9,11-14,16-19,24,30H,10,15,20-23H2,1-4H3,(H,34,38)/t30-/m0/s1. The van der Waals surface area contributed by atoms with Crippen LogP contribution in [0, 0.1) is 11.7 Å². The van der Waals surface area contributed by atoms with Crippen molar-refractivity contribution in [1.29, 1.82) is 0 Å². The highest BCUT2D eigenvalue weighted by Crippen LogP contribution is 2.23. The molecule has 0 bridgehead atoms. The van der Waals surface area contributed by atoms with Gasteiger partial charge in [-0.15, -0.1) is 0 Å². The Bertz CT molecular complexity index is 1420. The van der Waals surface area contributed by atoms with Gasteiger partial charge < -0.3 is 15.0 Å². The predicted molar refractivity (Wildman–Crippen MR) is 163 cm³/mol. The van der Waals surface area contributed by atoms with Crippen LogP contribution in [0.5, 0.6) is 5.75 Å². The second kappa shape index (κ2) is 15.3. The lowest BCUT2D eigenvalue weighted by Gasteiger charge is -2.32. The van der Waals surface area contributed by atoms with Gasteiger partial charge in [0.1, 0.15) is 17.6 Å². The Hall–Kier alpha value is -3.92. The summed E-state index contributed by atoms with van der Waals surface area (Å²) < 4.78 is 46.4. The summed E-state index contributed by atoms with van der Waals surface area (Å²) in [5.41, 5.74) is 1.59. The van der Waals surface area contributed by atoms with E-state index in [2.05, 4.69) is 5.32 Å². The lowest BCUT2D eigenvalue weighted by Crippen LogP contribution is -2.51. The van der Waals surface area contributed by atoms with Gasteiger partial charge in [-0.05, 0) is 48.2 Å². The van der Waals surface area contributed by atoms with Crippen molar-refractivity contribution in [2.75, 3.05) is 30.8 Å². The van der Waals surface area contributed by atoms with Crippen LogP contribution in [0.4, 0.5) is 10.1 Å². The van der Waals surface area contributed by atoms with Crippen LogP contribution in [-0.4, -0.2) is 57.6 Å². The molecule has 0 heterocycles. The molecule has 0 unspecified atom stereocenters. The second-order valence-corrected chi connectivity index (χ2v) is 12.5. The second-order valence-electron chi connectivity index (χ2n) is 10.6. The number of amides is 2. The average Bonchev–Trinajstić information content (AvgIpc) is 2.96. The normalized spacial score (nSPS) is 12.0. The summed E-state index contributed by atoms with van der Waals surface area (Å²) in [7, 11) is -2.12. The SMILES string of the molecule is COc1ccc(N(CCCC(=O)N(Cc2ccccc2F)[C@@H](Cc2ccccc2)C(=O)NCC(C)C)S(C)(=O)=O)cc1. The minimum absolute atomic E-state index is 0.0423. The van der Waals surface area contributed by atoms with E-state index in [0.29, 0.717) is 18.0 Å². The highest BCUT2D eigenvalue weighted by molar-refractivity contribution is 7.92. The zero-order valence-corrected chi connectivity index (χ0v) is 25.4. The van der Waals surface area contributed by atoms with Gasteiger partial charge in [0.2, 0.25) is 21.8 Å². The number of hydrogen-bond acceptors (Lipinski definition) is 5. The number of halogens is 1. The van der Waals surface area contributed by atoms with Crippen LogP contribution >= 0.6 is 0 Å². The van der Waals surface area contributed by atoms with Gasteiger partial charge in [-0.3, -0.25) is 13.9 Å². The molecule has 0 saturated carbocycles. The van der Waals surface area contributed by atoms with Gasteiger partial charge in [0.15, 0.2) is 0 Å². The van der Waals surface area contributed by atoms with Crippen molar-refractivity contribution in [3.8, 4) is 5.75 Å². The smallest absolute Gasteiger partial charge is 0.243 e. The molecular formula is C32H40FN3O5S. The number of carbonyl (C=O) groups is 2. The number of nitrogens with one attached hydrogen (secondary N) is 1. The van der Waals surface area contributed by atoms with Gasteiger partial charge in [0.25, 0.3) is 0 Å². The molecule has 0 aliphatic carbocycles. The number of hydrogen-bond donors (Lipinski definition) is 1. The van der Waals surface area contributed by atoms with Gasteiger partial charge in [0, 0.05) is 38.0 Å². The van der Waals surface area contributed by atoms with Crippen LogP contribution < -0.4 is 14.4 Å². The first-order chi connectivity index (χ1) is 20.0. The van der Waals surface area contributed by atoms with E-state index in [9.17, 15) is 22.4 Å². The summed E-state index contributed by atoms with van der Waals surface area (Å²) in [6.07, 6.45) is 1.50. The van der Waals surface area contributed by atoms with E-state index in [1.807, 2.05) is 44.2 Å². The maximum Gasteiger partial charge on any atom is 0.243 e. The highest BCUT2D eigenvalue weighted by atomic mass is 32.2. The zero-order valence-electron chi connectivity index (χ0n) is 24.6. The summed E-state index contributed by atoms with van der Waals surface area (Å²) >= 11 is 0. The van der Waals surface area contributed by atoms with Crippen LogP contribution in [0.15, 0.2) is 78.9 Å². The van der Waals surface area contributed by atoms with Crippen LogP contribution in [-0.2, 0) is 32.6 Å². The minimum atomic E-state index is -3.64. The monoisotopic (exact) mass is 597 g/mol. The molecule has 0 spiro atoms. The molecule has 3 aromatic rings. The fourth-order valence-electron chi connectivity index (χ4n) is 4.54. The maximum absolute atomic E-state index is 14.8. The van der Waals surface area contributed by atoms with Crippen LogP contribution in [0.2, 0.25) is 0 Å². The average molecular weight is 598 g/mol. The molecule has 10 heteroatoms. The van der Waals surface area contributed by atoms with Crippen LogP contribution in [0.3, 0.4) is 0 Å². The molecule has 0 fully saturated rings. The van der Waals surface area contributed by atoms with E-state index >= 15 is 0 Å². The number of anilines is 1. The maximum atomic E-state index is 14.8. The molecule has 0 saturated heterocycles. The number of methoxy groups -OCH3 is 1. The Kier molecular flexibility index (Phi) is 11.9. The molecular weight excluding hydrogens is 557 g/mol. The Morgan fingerprint density at radius 3 is 2.19 bits per heavy atom. The summed E-state index contributed by atoms with van der Waals surface area (Å²) in [4.78, 5) is 28.8. The topological polar surface area (TPSA) is 96.0 Å². The third-order valence-corrected chi connectivity index (χ3v) is 7.96. The molecule has 3 rings (SSSR count). The third-order valence-electron chi connectivity index (χ3n) is 6.77. The summed E-state index contributed by atoms with van der Waals surface area (Å²) in [5.74, 6) is -0.386. The fraction of sp³-hybridized carbons (Fsp3) is 0.375. The van der Waals surface area contributed by atoms with E-state index in [1.165, 1.54) is 22.4 Å². The Morgan fingerprint density at radius 2 is 1.60 bits per heavy atom. The summed E-state index contributed by atoms with van der Waals surface area (Å²) in [6.45, 7) is 4.33. The number of benzene rings is 3. The zero-order chi connectivity index (χ0) is 30.7. The molecule has 0 aliphatic rings. The lowest BCUT2D eigenvalue weighted by molar-refractivity contribution is -0.141. The third kappa shape index (κ3) is 9.58. The number of carbonyl (C=O) groups excluding carboxylic acids is 2. The Balaban J connectivity index is 1.88. The first kappa shape index (κ1) is 32.6. The molecule has 3 aromatic carbocycles. The fourth-order valence-corrected chi connectivity index (χ4v) is 5.50. The lowest BCUT2D eigenvalue weighted by atomic mass is 10.0. The van der Waals surface area contributed by atoms with E-state index in [0.717, 1.165) is 11.8 Å². The molecule has 1 atom stereocenters. The first-order valence-electron chi connectivity index (χ1n) is 14.0. The predicted octanol–water partition coefficient (Wildman–Crippen LogP) is 4.79. The quantitative estimate of drug-likeness (QED) is 0.272. The minimum Gasteiger partial charge on any atom is -0.497 e. The van der Waals surface area contributed by atoms with Gasteiger partial charge in [0.05, 0.1) is 19.1 Å². The van der Waals surface area contributed by atoms with Crippen LogP contribution in [0.1, 0.15) is 37.8 Å². The Labute approximate surface area is 248 Å². The molecule has 2 amide bonds. The van der Waals surface area contributed by atoms with E-state index < -0.39 is 21.9 Å². The van der Waals surface area contributed by atoms with Gasteiger partial charge in [-0.2, -0.15) is 0 Å². The number of ether oxygens (including phenoxy) is 1. The molecule has 0 aromatic heterocycles. The van der Waals surface area contributed by atoms with Crippen molar-refractivity contribution < 1.29 is 27.1 Å². The van der Waals surface area contributed by atoms with Gasteiger partial charge in [-0.25, -0.2) is 12.8 Å². The largest absolute Gasteiger partial charge is 0.497 e. The van der Waals surface area contributed by atoms with E-state index in [1.54, 1.807) is 42.5 Å². The van der Waals surface area contributed by atoms with Crippen molar-refractivity contribution >= 4 is 27.5 Å². The Morgan fingerprint density at radius 1 is 0.952 bits per heavy atom. The van der Waals surface area contributed by atoms with E-state index in [-0.39, 0.29) is 55.6 Å². The van der Waals surface area contributed by atoms with Crippen LogP contribution in [0.25, 0.3) is 0 Å². The van der Waals surface area contributed by atoms with Gasteiger partial charge >= 0.3 is 0 Å². The summed E-state index contributed by atoms with van der Waals surface area (Å²) in [5, 5.41) is 2.94.